The monoisotopic (exact) mass is 455 g/mol. The van der Waals surface area contributed by atoms with Crippen LogP contribution in [0.4, 0.5) is 10.5 Å². The molecule has 4 rings (SSSR count). The highest BCUT2D eigenvalue weighted by atomic mass is 16.5. The summed E-state index contributed by atoms with van der Waals surface area (Å²) in [6.45, 7) is 9.22. The lowest BCUT2D eigenvalue weighted by atomic mass is 10.1. The smallest absolute Gasteiger partial charge is 0.317 e. The lowest BCUT2D eigenvalue weighted by Crippen LogP contribution is -2.36. The molecule has 1 atom stereocenters. The Morgan fingerprint density at radius 3 is 2.15 bits per heavy atom. The fourth-order valence-corrected chi connectivity index (χ4v) is 3.39. The Morgan fingerprint density at radius 2 is 1.64 bits per heavy atom. The average Bonchev–Trinajstić information content (AvgIpc) is 3.50. The zero-order chi connectivity index (χ0) is 24.2. The Morgan fingerprint density at radius 1 is 1.06 bits per heavy atom. The van der Waals surface area contributed by atoms with Crippen LogP contribution in [0.1, 0.15) is 58.1 Å². The van der Waals surface area contributed by atoms with E-state index in [1.165, 1.54) is 49.4 Å². The van der Waals surface area contributed by atoms with Crippen molar-refractivity contribution in [3.8, 4) is 11.5 Å². The van der Waals surface area contributed by atoms with Gasteiger partial charge in [0.15, 0.2) is 0 Å². The van der Waals surface area contributed by atoms with Crippen LogP contribution in [0.5, 0.6) is 11.5 Å². The van der Waals surface area contributed by atoms with Gasteiger partial charge in [-0.25, -0.2) is 4.79 Å². The van der Waals surface area contributed by atoms with Gasteiger partial charge in [-0.15, -0.1) is 0 Å². The zero-order valence-corrected chi connectivity index (χ0v) is 20.9. The molecular weight excluding hydrogens is 414 g/mol. The highest BCUT2D eigenvalue weighted by Gasteiger charge is 2.22. The van der Waals surface area contributed by atoms with E-state index in [1.54, 1.807) is 38.4 Å². The van der Waals surface area contributed by atoms with Gasteiger partial charge in [0, 0.05) is 32.9 Å². The van der Waals surface area contributed by atoms with Crippen molar-refractivity contribution in [2.75, 3.05) is 38.7 Å². The molecule has 2 amide bonds. The quantitative estimate of drug-likeness (QED) is 0.575. The maximum atomic E-state index is 11.4. The second kappa shape index (κ2) is 13.6. The fraction of sp³-hybridized carbons (Fsp3) is 0.519. The van der Waals surface area contributed by atoms with E-state index in [1.807, 2.05) is 20.8 Å². The Balaban J connectivity index is 0.000000218. The van der Waals surface area contributed by atoms with Crippen molar-refractivity contribution in [2.24, 2.45) is 5.92 Å². The minimum absolute atomic E-state index is 0.0690. The third-order valence-corrected chi connectivity index (χ3v) is 5.63. The molecule has 2 fully saturated rings. The van der Waals surface area contributed by atoms with Gasteiger partial charge in [-0.05, 0) is 80.5 Å². The standard InChI is InChI=1S/C14H19NO.C11H16N2O2.C2H6/c1-2-10-15(9-1)13-5-7-14(8-6-13)16-11-12-3-4-12;1-8(12-11(15)13(2)3)9-4-6-10(14)7-5-9;1-2/h5-8,12H,1-4,9-11H2;4-8,14H,1-3H3,(H,12,15);1-2H3. The Hall–Kier alpha value is -2.89. The number of nitrogens with one attached hydrogen (secondary N) is 1. The topological polar surface area (TPSA) is 65.0 Å². The molecule has 182 valence electrons. The number of benzene rings is 2. The number of carbonyl (C=O) groups excluding carboxylic acids is 1. The minimum atomic E-state index is -0.129. The second-order valence-electron chi connectivity index (χ2n) is 8.60. The van der Waals surface area contributed by atoms with Crippen LogP contribution in [0.15, 0.2) is 48.5 Å². The van der Waals surface area contributed by atoms with Gasteiger partial charge in [-0.2, -0.15) is 0 Å². The molecule has 1 saturated heterocycles. The van der Waals surface area contributed by atoms with Gasteiger partial charge in [-0.3, -0.25) is 0 Å². The summed E-state index contributed by atoms with van der Waals surface area (Å²) in [6, 6.07) is 15.2. The van der Waals surface area contributed by atoms with Crippen LogP contribution in [-0.4, -0.2) is 49.8 Å². The summed E-state index contributed by atoms with van der Waals surface area (Å²) < 4.78 is 5.73. The number of phenolic OH excluding ortho intramolecular Hbond substituents is 1. The molecule has 1 aliphatic heterocycles. The molecule has 2 N–H and O–H groups in total. The summed E-state index contributed by atoms with van der Waals surface area (Å²) in [6.07, 6.45) is 5.37. The predicted molar refractivity (Wildman–Crippen MR) is 136 cm³/mol. The number of ether oxygens (including phenoxy) is 1. The maximum absolute atomic E-state index is 11.4. The van der Waals surface area contributed by atoms with Crippen molar-refractivity contribution in [1.29, 1.82) is 0 Å². The third kappa shape index (κ3) is 9.24. The van der Waals surface area contributed by atoms with E-state index in [-0.39, 0.29) is 17.8 Å². The molecule has 1 saturated carbocycles. The molecule has 6 nitrogen and oxygen atoms in total. The third-order valence-electron chi connectivity index (χ3n) is 5.63. The van der Waals surface area contributed by atoms with E-state index in [9.17, 15) is 4.79 Å². The number of aromatic hydroxyl groups is 1. The van der Waals surface area contributed by atoms with Crippen LogP contribution in [0.2, 0.25) is 0 Å². The molecule has 0 spiro atoms. The Kier molecular flexibility index (Phi) is 10.9. The van der Waals surface area contributed by atoms with Crippen molar-refractivity contribution < 1.29 is 14.6 Å². The lowest BCUT2D eigenvalue weighted by molar-refractivity contribution is 0.214. The summed E-state index contributed by atoms with van der Waals surface area (Å²) in [5.41, 5.74) is 2.30. The number of hydrogen-bond acceptors (Lipinski definition) is 4. The van der Waals surface area contributed by atoms with E-state index in [4.69, 9.17) is 9.84 Å². The van der Waals surface area contributed by atoms with Crippen LogP contribution in [-0.2, 0) is 0 Å². The molecule has 0 radical (unpaired) electrons. The molecular formula is C27H41N3O3. The molecule has 1 unspecified atom stereocenters. The molecule has 0 aromatic heterocycles. The normalized spacial score (nSPS) is 15.4. The summed E-state index contributed by atoms with van der Waals surface area (Å²) >= 11 is 0. The summed E-state index contributed by atoms with van der Waals surface area (Å²) in [7, 11) is 3.39. The highest BCUT2D eigenvalue weighted by molar-refractivity contribution is 5.74. The van der Waals surface area contributed by atoms with E-state index in [0.29, 0.717) is 0 Å². The first kappa shape index (κ1) is 26.4. The maximum Gasteiger partial charge on any atom is 0.317 e. The van der Waals surface area contributed by atoms with E-state index in [0.717, 1.165) is 23.8 Å². The molecule has 33 heavy (non-hydrogen) atoms. The summed E-state index contributed by atoms with van der Waals surface area (Å²) in [5, 5.41) is 11.9. The summed E-state index contributed by atoms with van der Waals surface area (Å²) in [4.78, 5) is 15.3. The number of anilines is 1. The molecule has 1 heterocycles. The van der Waals surface area contributed by atoms with Crippen LogP contribution >= 0.6 is 0 Å². The number of urea groups is 1. The molecule has 1 aliphatic carbocycles. The number of hydrogen-bond donors (Lipinski definition) is 2. The van der Waals surface area contributed by atoms with Gasteiger partial charge in [0.25, 0.3) is 0 Å². The Bertz CT molecular complexity index is 812. The Labute approximate surface area is 199 Å². The highest BCUT2D eigenvalue weighted by Crippen LogP contribution is 2.30. The van der Waals surface area contributed by atoms with E-state index >= 15 is 0 Å². The molecule has 2 aromatic rings. The second-order valence-corrected chi connectivity index (χ2v) is 8.60. The van der Waals surface area contributed by atoms with Gasteiger partial charge >= 0.3 is 6.03 Å². The fourth-order valence-electron chi connectivity index (χ4n) is 3.39. The molecule has 2 aromatic carbocycles. The molecule has 0 bridgehead atoms. The zero-order valence-electron chi connectivity index (χ0n) is 20.9. The first-order valence-corrected chi connectivity index (χ1v) is 12.2. The van der Waals surface area contributed by atoms with Crippen molar-refractivity contribution >= 4 is 11.7 Å². The minimum Gasteiger partial charge on any atom is -0.508 e. The number of phenols is 1. The lowest BCUT2D eigenvalue weighted by Gasteiger charge is -2.18. The average molecular weight is 456 g/mol. The predicted octanol–water partition coefficient (Wildman–Crippen LogP) is 5.83. The number of amides is 2. The number of carbonyl (C=O) groups is 1. The van der Waals surface area contributed by atoms with E-state index in [2.05, 4.69) is 34.5 Å². The van der Waals surface area contributed by atoms with Gasteiger partial charge in [0.05, 0.1) is 12.6 Å². The number of nitrogens with zero attached hydrogens (tertiary/aromatic N) is 2. The van der Waals surface area contributed by atoms with Gasteiger partial charge in [0.2, 0.25) is 0 Å². The van der Waals surface area contributed by atoms with E-state index < -0.39 is 0 Å². The van der Waals surface area contributed by atoms with Gasteiger partial charge < -0.3 is 25.0 Å². The molecule has 2 aliphatic rings. The van der Waals surface area contributed by atoms with Gasteiger partial charge in [0.1, 0.15) is 11.5 Å². The first-order valence-electron chi connectivity index (χ1n) is 12.2. The van der Waals surface area contributed by atoms with Crippen molar-refractivity contribution in [3.05, 3.63) is 54.1 Å². The van der Waals surface area contributed by atoms with Crippen molar-refractivity contribution in [1.82, 2.24) is 10.2 Å². The summed E-state index contributed by atoms with van der Waals surface area (Å²) in [5.74, 6) is 2.08. The van der Waals surface area contributed by atoms with Crippen LogP contribution < -0.4 is 15.0 Å². The van der Waals surface area contributed by atoms with Crippen molar-refractivity contribution in [3.63, 3.8) is 0 Å². The van der Waals surface area contributed by atoms with Crippen LogP contribution in [0.3, 0.4) is 0 Å². The van der Waals surface area contributed by atoms with Gasteiger partial charge in [-0.1, -0.05) is 26.0 Å². The SMILES string of the molecule is CC.CC(NC(=O)N(C)C)c1ccc(O)cc1.c1cc(N2CCCC2)ccc1OCC1CC1. The first-order chi connectivity index (χ1) is 15.9. The number of rotatable bonds is 6. The largest absolute Gasteiger partial charge is 0.508 e. The molecule has 6 heteroatoms. The van der Waals surface area contributed by atoms with Crippen molar-refractivity contribution in [2.45, 2.75) is 52.5 Å². The van der Waals surface area contributed by atoms with Crippen LogP contribution in [0, 0.1) is 5.92 Å². The van der Waals surface area contributed by atoms with Crippen LogP contribution in [0.25, 0.3) is 0 Å².